The van der Waals surface area contributed by atoms with Crippen molar-refractivity contribution in [3.05, 3.63) is 71.8 Å². The van der Waals surface area contributed by atoms with E-state index in [1.165, 1.54) is 0 Å². The second kappa shape index (κ2) is 14.0. The standard InChI is InChI=1S/C32H46O6/c1-7-27-21(2)22(3)30(35-19-26-16-12-9-13-17-26)32(36-27)38-29-23(4)24(5)31(33-6)37-28(29)20-34-18-25-14-10-8-11-15-25/h8-17,21-24,27-32H,7,18-20H2,1-6H3/t21-,22-,23+,24?,27?,28?,29-,30?,31-,32?/m0/s1. The summed E-state index contributed by atoms with van der Waals surface area (Å²) in [5.41, 5.74) is 2.27. The van der Waals surface area contributed by atoms with E-state index in [0.29, 0.717) is 25.7 Å². The van der Waals surface area contributed by atoms with Crippen LogP contribution in [0.2, 0.25) is 0 Å². The third-order valence-electron chi connectivity index (χ3n) is 8.57. The fraction of sp³-hybridized carbons (Fsp3) is 0.625. The van der Waals surface area contributed by atoms with E-state index in [1.54, 1.807) is 7.11 Å². The normalized spacial score (nSPS) is 35.7. The highest BCUT2D eigenvalue weighted by Crippen LogP contribution is 2.39. The number of hydrogen-bond acceptors (Lipinski definition) is 6. The lowest BCUT2D eigenvalue weighted by Gasteiger charge is -2.49. The third kappa shape index (κ3) is 7.04. The fourth-order valence-electron chi connectivity index (χ4n) is 5.73. The van der Waals surface area contributed by atoms with Crippen LogP contribution in [0.4, 0.5) is 0 Å². The first kappa shape index (κ1) is 29.2. The van der Waals surface area contributed by atoms with E-state index in [2.05, 4.69) is 58.9 Å². The molecule has 0 N–H and O–H groups in total. The van der Waals surface area contributed by atoms with Crippen LogP contribution in [0.15, 0.2) is 60.7 Å². The molecule has 2 aliphatic heterocycles. The maximum Gasteiger partial charge on any atom is 0.184 e. The van der Waals surface area contributed by atoms with Crippen LogP contribution in [0.5, 0.6) is 0 Å². The molecule has 2 heterocycles. The van der Waals surface area contributed by atoms with Crippen LogP contribution < -0.4 is 0 Å². The molecule has 0 amide bonds. The van der Waals surface area contributed by atoms with Crippen molar-refractivity contribution >= 4 is 0 Å². The molecule has 0 bridgehead atoms. The van der Waals surface area contributed by atoms with Gasteiger partial charge in [0, 0.05) is 13.0 Å². The smallest absolute Gasteiger partial charge is 0.184 e. The summed E-state index contributed by atoms with van der Waals surface area (Å²) in [7, 11) is 1.70. The van der Waals surface area contributed by atoms with Gasteiger partial charge in [-0.25, -0.2) is 0 Å². The number of ether oxygens (including phenoxy) is 6. The minimum atomic E-state index is -0.492. The van der Waals surface area contributed by atoms with Gasteiger partial charge in [0.2, 0.25) is 0 Å². The Balaban J connectivity index is 1.50. The van der Waals surface area contributed by atoms with E-state index in [4.69, 9.17) is 28.4 Å². The maximum absolute atomic E-state index is 6.87. The summed E-state index contributed by atoms with van der Waals surface area (Å²) in [5, 5.41) is 0. The third-order valence-corrected chi connectivity index (χ3v) is 8.57. The second-order valence-electron chi connectivity index (χ2n) is 11.0. The minimum absolute atomic E-state index is 0.114. The van der Waals surface area contributed by atoms with Crippen molar-refractivity contribution in [3.8, 4) is 0 Å². The highest BCUT2D eigenvalue weighted by molar-refractivity contribution is 5.14. The molecule has 210 valence electrons. The molecule has 0 aliphatic carbocycles. The summed E-state index contributed by atoms with van der Waals surface area (Å²) in [6.45, 7) is 12.5. The van der Waals surface area contributed by atoms with E-state index in [9.17, 15) is 0 Å². The van der Waals surface area contributed by atoms with Crippen LogP contribution in [0, 0.1) is 23.7 Å². The lowest BCUT2D eigenvalue weighted by molar-refractivity contribution is -0.338. The molecule has 0 spiro atoms. The highest BCUT2D eigenvalue weighted by atomic mass is 16.7. The molecule has 2 aromatic carbocycles. The van der Waals surface area contributed by atoms with Crippen molar-refractivity contribution in [3.63, 3.8) is 0 Å². The first-order valence-electron chi connectivity index (χ1n) is 14.2. The van der Waals surface area contributed by atoms with Crippen LogP contribution in [0.3, 0.4) is 0 Å². The van der Waals surface area contributed by atoms with Crippen LogP contribution in [0.1, 0.15) is 52.2 Å². The van der Waals surface area contributed by atoms with E-state index in [-0.39, 0.29) is 48.5 Å². The van der Waals surface area contributed by atoms with Gasteiger partial charge >= 0.3 is 0 Å². The van der Waals surface area contributed by atoms with Crippen molar-refractivity contribution in [1.82, 2.24) is 0 Å². The Bertz CT molecular complexity index is 939. The van der Waals surface area contributed by atoms with Gasteiger partial charge in [-0.05, 0) is 35.3 Å². The molecule has 0 saturated carbocycles. The SMILES string of the molecule is CCC1OC(O[C@@H]2C(COCc3ccccc3)O[C@H](OC)C(C)[C@H]2C)C(OCc2ccccc2)[C@@H](C)[C@@H]1C. The average molecular weight is 527 g/mol. The Morgan fingerprint density at radius 3 is 1.84 bits per heavy atom. The fourth-order valence-corrected chi connectivity index (χ4v) is 5.73. The summed E-state index contributed by atoms with van der Waals surface area (Å²) < 4.78 is 38.2. The largest absolute Gasteiger partial charge is 0.374 e. The van der Waals surface area contributed by atoms with Crippen LogP contribution >= 0.6 is 0 Å². The molecule has 4 rings (SSSR count). The van der Waals surface area contributed by atoms with Crippen molar-refractivity contribution in [1.29, 1.82) is 0 Å². The second-order valence-corrected chi connectivity index (χ2v) is 11.0. The van der Waals surface area contributed by atoms with Crippen molar-refractivity contribution < 1.29 is 28.4 Å². The summed E-state index contributed by atoms with van der Waals surface area (Å²) in [6.07, 6.45) is -0.464. The van der Waals surface area contributed by atoms with Crippen molar-refractivity contribution in [2.75, 3.05) is 13.7 Å². The maximum atomic E-state index is 6.87. The molecular weight excluding hydrogens is 480 g/mol. The highest BCUT2D eigenvalue weighted by Gasteiger charge is 2.48. The quantitative estimate of drug-likeness (QED) is 0.346. The molecule has 5 unspecified atom stereocenters. The zero-order valence-corrected chi connectivity index (χ0v) is 23.8. The predicted molar refractivity (Wildman–Crippen MR) is 147 cm³/mol. The van der Waals surface area contributed by atoms with Gasteiger partial charge in [-0.3, -0.25) is 0 Å². The lowest BCUT2D eigenvalue weighted by atomic mass is 9.81. The summed E-state index contributed by atoms with van der Waals surface area (Å²) >= 11 is 0. The van der Waals surface area contributed by atoms with E-state index < -0.39 is 6.29 Å². The Morgan fingerprint density at radius 2 is 1.24 bits per heavy atom. The first-order chi connectivity index (χ1) is 18.4. The Kier molecular flexibility index (Phi) is 10.8. The molecule has 38 heavy (non-hydrogen) atoms. The van der Waals surface area contributed by atoms with E-state index in [0.717, 1.165) is 17.5 Å². The van der Waals surface area contributed by atoms with Gasteiger partial charge in [-0.15, -0.1) is 0 Å². The topological polar surface area (TPSA) is 55.4 Å². The molecule has 2 fully saturated rings. The summed E-state index contributed by atoms with van der Waals surface area (Å²) in [6, 6.07) is 20.5. The molecule has 6 nitrogen and oxygen atoms in total. The van der Waals surface area contributed by atoms with Gasteiger partial charge in [0.15, 0.2) is 12.6 Å². The minimum Gasteiger partial charge on any atom is -0.374 e. The Hall–Kier alpha value is -1.80. The average Bonchev–Trinajstić information content (AvgIpc) is 2.95. The molecule has 2 saturated heterocycles. The van der Waals surface area contributed by atoms with Gasteiger partial charge in [0.25, 0.3) is 0 Å². The van der Waals surface area contributed by atoms with Crippen molar-refractivity contribution in [2.24, 2.45) is 23.7 Å². The molecular formula is C32H46O6. The van der Waals surface area contributed by atoms with E-state index >= 15 is 0 Å². The lowest BCUT2D eigenvalue weighted by Crippen LogP contribution is -2.58. The molecule has 10 atom stereocenters. The Labute approximate surface area is 228 Å². The van der Waals surface area contributed by atoms with Crippen LogP contribution in [0.25, 0.3) is 0 Å². The zero-order valence-electron chi connectivity index (χ0n) is 23.8. The van der Waals surface area contributed by atoms with E-state index in [1.807, 2.05) is 36.4 Å². The Morgan fingerprint density at radius 1 is 0.658 bits per heavy atom. The molecule has 6 heteroatoms. The van der Waals surface area contributed by atoms with Gasteiger partial charge in [-0.2, -0.15) is 0 Å². The van der Waals surface area contributed by atoms with Crippen LogP contribution in [-0.2, 0) is 41.6 Å². The number of benzene rings is 2. The van der Waals surface area contributed by atoms with Crippen molar-refractivity contribution in [2.45, 2.75) is 91.2 Å². The van der Waals surface area contributed by atoms with Gasteiger partial charge < -0.3 is 28.4 Å². The summed E-state index contributed by atoms with van der Waals surface area (Å²) in [5.74, 6) is 0.967. The molecule has 0 aromatic heterocycles. The zero-order chi connectivity index (χ0) is 27.1. The first-order valence-corrected chi connectivity index (χ1v) is 14.2. The number of methoxy groups -OCH3 is 1. The summed E-state index contributed by atoms with van der Waals surface area (Å²) in [4.78, 5) is 0. The number of hydrogen-bond donors (Lipinski definition) is 0. The molecule has 2 aromatic rings. The van der Waals surface area contributed by atoms with Gasteiger partial charge in [-0.1, -0.05) is 95.3 Å². The van der Waals surface area contributed by atoms with Crippen LogP contribution in [-0.4, -0.2) is 50.7 Å². The van der Waals surface area contributed by atoms with Gasteiger partial charge in [0.1, 0.15) is 12.2 Å². The molecule has 2 aliphatic rings. The molecule has 0 radical (unpaired) electrons. The van der Waals surface area contributed by atoms with Gasteiger partial charge in [0.05, 0.1) is 32.0 Å². The number of rotatable bonds is 11. The predicted octanol–water partition coefficient (Wildman–Crippen LogP) is 6.22. The monoisotopic (exact) mass is 526 g/mol.